The third-order valence-electron chi connectivity index (χ3n) is 5.10. The molecule has 1 heterocycles. The van der Waals surface area contributed by atoms with Crippen molar-refractivity contribution in [3.8, 4) is 6.07 Å². The molecule has 6 heteroatoms. The fourth-order valence-electron chi connectivity index (χ4n) is 3.54. The number of carbonyl (C=O) groups is 1. The van der Waals surface area contributed by atoms with Crippen molar-refractivity contribution in [2.45, 2.75) is 32.9 Å². The minimum Gasteiger partial charge on any atom is -0.461 e. The van der Waals surface area contributed by atoms with E-state index in [4.69, 9.17) is 4.74 Å². The monoisotopic (exact) mass is 384 g/mol. The molecule has 1 aromatic carbocycles. The zero-order valence-electron chi connectivity index (χ0n) is 16.5. The first-order valence-corrected chi connectivity index (χ1v) is 9.41. The van der Waals surface area contributed by atoms with Gasteiger partial charge in [0.05, 0.1) is 6.07 Å². The van der Waals surface area contributed by atoms with E-state index in [-0.39, 0.29) is 43.7 Å². The molecule has 2 N–H and O–H groups in total. The summed E-state index contributed by atoms with van der Waals surface area (Å²) < 4.78 is 5.11. The number of rotatable bonds is 9. The van der Waals surface area contributed by atoms with Crippen LogP contribution in [0.4, 0.5) is 5.69 Å². The molecule has 28 heavy (non-hydrogen) atoms. The quantitative estimate of drug-likeness (QED) is 0.386. The normalized spacial score (nSPS) is 17.2. The molecular formula is C22H28N2O4. The molecule has 0 amide bonds. The number of ether oxygens (including phenoxy) is 1. The van der Waals surface area contributed by atoms with E-state index in [0.717, 1.165) is 23.2 Å². The number of esters is 1. The van der Waals surface area contributed by atoms with Crippen molar-refractivity contribution < 1.29 is 19.7 Å². The Morgan fingerprint density at radius 1 is 1.46 bits per heavy atom. The van der Waals surface area contributed by atoms with E-state index in [1.807, 2.05) is 24.3 Å². The van der Waals surface area contributed by atoms with Crippen molar-refractivity contribution in [1.29, 1.82) is 5.26 Å². The highest BCUT2D eigenvalue weighted by molar-refractivity contribution is 5.66. The number of allylic oxidation sites excluding steroid dienone is 2. The van der Waals surface area contributed by atoms with Gasteiger partial charge < -0.3 is 19.8 Å². The zero-order chi connectivity index (χ0) is 20.7. The van der Waals surface area contributed by atoms with Crippen molar-refractivity contribution in [2.75, 3.05) is 24.7 Å². The molecule has 0 saturated carbocycles. The number of carbonyl (C=O) groups excluding carboxylic acids is 1. The molecule has 0 fully saturated rings. The highest BCUT2D eigenvalue weighted by Gasteiger charge is 2.33. The first-order chi connectivity index (χ1) is 13.4. The number of hydrogen-bond donors (Lipinski definition) is 2. The molecule has 1 aromatic rings. The fourth-order valence-corrected chi connectivity index (χ4v) is 3.54. The van der Waals surface area contributed by atoms with Crippen LogP contribution in [0.25, 0.3) is 0 Å². The van der Waals surface area contributed by atoms with E-state index in [2.05, 4.69) is 24.5 Å². The average molecular weight is 384 g/mol. The van der Waals surface area contributed by atoms with Gasteiger partial charge in [-0.2, -0.15) is 5.26 Å². The number of fused-ring (bicyclic) bond motifs is 1. The van der Waals surface area contributed by atoms with Crippen LogP contribution in [0.5, 0.6) is 0 Å². The summed E-state index contributed by atoms with van der Waals surface area (Å²) >= 11 is 0. The summed E-state index contributed by atoms with van der Waals surface area (Å²) in [4.78, 5) is 13.3. The summed E-state index contributed by atoms with van der Waals surface area (Å²) in [6.07, 6.45) is 4.24. The van der Waals surface area contributed by atoms with Gasteiger partial charge in [-0.1, -0.05) is 37.8 Å². The van der Waals surface area contributed by atoms with E-state index in [9.17, 15) is 20.3 Å². The number of nitrogens with zero attached hydrogens (tertiary/aromatic N) is 2. The average Bonchev–Trinajstić information content (AvgIpc) is 3.06. The van der Waals surface area contributed by atoms with Crippen molar-refractivity contribution >= 4 is 11.7 Å². The lowest BCUT2D eigenvalue weighted by molar-refractivity contribution is -0.142. The van der Waals surface area contributed by atoms with Crippen molar-refractivity contribution in [3.63, 3.8) is 0 Å². The lowest BCUT2D eigenvalue weighted by atomic mass is 9.95. The maximum absolute atomic E-state index is 11.1. The Labute approximate surface area is 166 Å². The molecule has 0 spiro atoms. The molecule has 2 atom stereocenters. The number of nitriles is 1. The van der Waals surface area contributed by atoms with Gasteiger partial charge >= 0.3 is 5.97 Å². The van der Waals surface area contributed by atoms with Crippen LogP contribution in [0.15, 0.2) is 42.5 Å². The molecule has 1 aliphatic rings. The first-order valence-electron chi connectivity index (χ1n) is 9.41. The van der Waals surface area contributed by atoms with Gasteiger partial charge in [-0.3, -0.25) is 4.79 Å². The van der Waals surface area contributed by atoms with Gasteiger partial charge in [0.2, 0.25) is 0 Å². The maximum atomic E-state index is 11.1. The van der Waals surface area contributed by atoms with Crippen LogP contribution in [-0.2, 0) is 22.6 Å². The van der Waals surface area contributed by atoms with Gasteiger partial charge in [0.15, 0.2) is 0 Å². The predicted octanol–water partition coefficient (Wildman–Crippen LogP) is 2.35. The second-order valence-corrected chi connectivity index (χ2v) is 7.20. The van der Waals surface area contributed by atoms with Gasteiger partial charge in [-0.25, -0.2) is 0 Å². The largest absolute Gasteiger partial charge is 0.461 e. The van der Waals surface area contributed by atoms with Crippen LogP contribution in [0.1, 0.15) is 25.0 Å². The lowest BCUT2D eigenvalue weighted by Gasteiger charge is -2.33. The summed E-state index contributed by atoms with van der Waals surface area (Å²) in [5.41, 5.74) is 3.58. The Balaban J connectivity index is 2.35. The molecule has 0 saturated heterocycles. The fraction of sp³-hybridized carbons (Fsp3) is 0.455. The maximum Gasteiger partial charge on any atom is 0.302 e. The summed E-state index contributed by atoms with van der Waals surface area (Å²) in [6, 6.07) is 8.20. The third-order valence-corrected chi connectivity index (χ3v) is 5.10. The number of aliphatic hydroxyl groups is 2. The van der Waals surface area contributed by atoms with E-state index < -0.39 is 0 Å². The Hall–Kier alpha value is -2.62. The van der Waals surface area contributed by atoms with Crippen molar-refractivity contribution in [1.82, 2.24) is 0 Å². The lowest BCUT2D eigenvalue weighted by Crippen LogP contribution is -2.41. The van der Waals surface area contributed by atoms with Gasteiger partial charge in [-0.15, -0.1) is 0 Å². The van der Waals surface area contributed by atoms with Crippen LogP contribution in [-0.4, -0.2) is 42.0 Å². The predicted molar refractivity (Wildman–Crippen MR) is 107 cm³/mol. The molecule has 0 aliphatic carbocycles. The molecule has 6 nitrogen and oxygen atoms in total. The van der Waals surface area contributed by atoms with Crippen molar-refractivity contribution in [3.05, 3.63) is 53.6 Å². The number of benzene rings is 1. The summed E-state index contributed by atoms with van der Waals surface area (Å²) in [7, 11) is 0. The second kappa shape index (κ2) is 10.1. The molecule has 2 rings (SSSR count). The van der Waals surface area contributed by atoms with Crippen LogP contribution >= 0.6 is 0 Å². The van der Waals surface area contributed by atoms with E-state index in [1.165, 1.54) is 6.92 Å². The van der Waals surface area contributed by atoms with E-state index in [0.29, 0.717) is 12.1 Å². The zero-order valence-corrected chi connectivity index (χ0v) is 16.5. The SMILES string of the molecule is C=C/C(C#N)=C\C(C)C1Cc2ccc(COC(C)=O)cc2N1CC(CO)CO. The molecule has 1 aliphatic heterocycles. The molecule has 0 bridgehead atoms. The highest BCUT2D eigenvalue weighted by atomic mass is 16.5. The third kappa shape index (κ3) is 5.22. The molecule has 2 unspecified atom stereocenters. The van der Waals surface area contributed by atoms with Crippen LogP contribution in [0.3, 0.4) is 0 Å². The molecular weight excluding hydrogens is 356 g/mol. The first kappa shape index (κ1) is 21.7. The Bertz CT molecular complexity index is 777. The number of aliphatic hydroxyl groups excluding tert-OH is 2. The smallest absolute Gasteiger partial charge is 0.302 e. The Morgan fingerprint density at radius 2 is 2.18 bits per heavy atom. The molecule has 150 valence electrons. The van der Waals surface area contributed by atoms with Gasteiger partial charge in [0.1, 0.15) is 6.61 Å². The van der Waals surface area contributed by atoms with Crippen LogP contribution < -0.4 is 4.90 Å². The van der Waals surface area contributed by atoms with E-state index in [1.54, 1.807) is 6.08 Å². The topological polar surface area (TPSA) is 93.8 Å². The van der Waals surface area contributed by atoms with Crippen LogP contribution in [0, 0.1) is 23.2 Å². The van der Waals surface area contributed by atoms with E-state index >= 15 is 0 Å². The minimum atomic E-state index is -0.330. The summed E-state index contributed by atoms with van der Waals surface area (Å²) in [5.74, 6) is -0.533. The van der Waals surface area contributed by atoms with Gasteiger partial charge in [-0.05, 0) is 29.5 Å². The molecule has 0 aromatic heterocycles. The Morgan fingerprint density at radius 3 is 2.75 bits per heavy atom. The Kier molecular flexibility index (Phi) is 7.80. The second-order valence-electron chi connectivity index (χ2n) is 7.20. The molecule has 0 radical (unpaired) electrons. The standard InChI is InChI=1S/C22H28N2O4/c1-4-17(10-23)7-15(2)21-9-20-6-5-18(14-28-16(3)27)8-22(20)24(21)11-19(12-25)13-26/h4-8,15,19,21,25-26H,1,9,11-14H2,2-3H3/b17-7+. The number of hydrogen-bond acceptors (Lipinski definition) is 6. The summed E-state index contributed by atoms with van der Waals surface area (Å²) in [5, 5.41) is 28.3. The number of anilines is 1. The van der Waals surface area contributed by atoms with Gasteiger partial charge in [0.25, 0.3) is 0 Å². The minimum absolute atomic E-state index is 0.0648. The summed E-state index contributed by atoms with van der Waals surface area (Å²) in [6.45, 7) is 7.59. The van der Waals surface area contributed by atoms with Crippen molar-refractivity contribution in [2.24, 2.45) is 11.8 Å². The highest BCUT2D eigenvalue weighted by Crippen LogP contribution is 2.37. The van der Waals surface area contributed by atoms with Crippen LogP contribution in [0.2, 0.25) is 0 Å². The van der Waals surface area contributed by atoms with Gasteiger partial charge in [0, 0.05) is 49.9 Å².